The summed E-state index contributed by atoms with van der Waals surface area (Å²) in [5, 5.41) is 0. The molecule has 6 nitrogen and oxygen atoms in total. The molecule has 1 unspecified atom stereocenters. The molecule has 0 aromatic rings. The molecule has 0 spiro atoms. The molecule has 1 atom stereocenters. The van der Waals surface area contributed by atoms with Crippen LogP contribution in [0.4, 0.5) is 0 Å². The van der Waals surface area contributed by atoms with E-state index in [1.165, 1.54) is 257 Å². The van der Waals surface area contributed by atoms with Gasteiger partial charge in [-0.3, -0.25) is 14.4 Å². The molecule has 0 aromatic carbocycles. The highest BCUT2D eigenvalue weighted by Gasteiger charge is 2.19. The Hall–Kier alpha value is -2.11. The Morgan fingerprint density at radius 2 is 0.472 bits per heavy atom. The van der Waals surface area contributed by atoms with Gasteiger partial charge in [0.15, 0.2) is 6.10 Å². The lowest BCUT2D eigenvalue weighted by molar-refractivity contribution is -0.167. The molecule has 424 valence electrons. The topological polar surface area (TPSA) is 78.9 Å². The minimum atomic E-state index is -0.774. The molecule has 0 aromatic heterocycles. The van der Waals surface area contributed by atoms with E-state index in [1.54, 1.807) is 0 Å². The van der Waals surface area contributed by atoms with Crippen LogP contribution in [-0.2, 0) is 28.6 Å². The van der Waals surface area contributed by atoms with Gasteiger partial charge in [0.2, 0.25) is 0 Å². The van der Waals surface area contributed by atoms with Crippen LogP contribution in [0.15, 0.2) is 24.3 Å². The first-order chi connectivity index (χ1) is 35.5. The zero-order valence-electron chi connectivity index (χ0n) is 48.7. The van der Waals surface area contributed by atoms with Gasteiger partial charge in [-0.1, -0.05) is 302 Å². The molecule has 0 rings (SSSR count). The zero-order chi connectivity index (χ0) is 52.2. The van der Waals surface area contributed by atoms with Gasteiger partial charge < -0.3 is 14.2 Å². The van der Waals surface area contributed by atoms with E-state index in [0.29, 0.717) is 19.3 Å². The first kappa shape index (κ1) is 69.9. The largest absolute Gasteiger partial charge is 0.462 e. The van der Waals surface area contributed by atoms with Gasteiger partial charge in [-0.15, -0.1) is 0 Å². The molecule has 0 fully saturated rings. The average molecular weight is 1010 g/mol. The number of allylic oxidation sites excluding steroid dienone is 4. The maximum atomic E-state index is 12.9. The van der Waals surface area contributed by atoms with E-state index in [1.807, 2.05) is 0 Å². The van der Waals surface area contributed by atoms with E-state index in [4.69, 9.17) is 14.2 Å². The highest BCUT2D eigenvalue weighted by molar-refractivity contribution is 5.71. The van der Waals surface area contributed by atoms with Gasteiger partial charge in [-0.25, -0.2) is 0 Å². The van der Waals surface area contributed by atoms with Crippen LogP contribution in [0.1, 0.15) is 361 Å². The van der Waals surface area contributed by atoms with Gasteiger partial charge in [0.25, 0.3) is 0 Å². The number of rotatable bonds is 60. The molecule has 0 heterocycles. The summed E-state index contributed by atoms with van der Waals surface area (Å²) >= 11 is 0. The third-order valence-electron chi connectivity index (χ3n) is 14.7. The molecule has 0 aliphatic rings. The van der Waals surface area contributed by atoms with Crippen LogP contribution in [0.5, 0.6) is 0 Å². The summed E-state index contributed by atoms with van der Waals surface area (Å²) in [7, 11) is 0. The molecular weight excluding hydrogens is 889 g/mol. The maximum Gasteiger partial charge on any atom is 0.306 e. The van der Waals surface area contributed by atoms with Crippen LogP contribution in [0.2, 0.25) is 0 Å². The predicted molar refractivity (Wildman–Crippen MR) is 312 cm³/mol. The summed E-state index contributed by atoms with van der Waals surface area (Å²) in [6.45, 7) is 6.65. The molecular formula is C66H124O6. The second-order valence-corrected chi connectivity index (χ2v) is 22.0. The van der Waals surface area contributed by atoms with E-state index in [0.717, 1.165) is 64.2 Å². The number of hydrogen-bond donors (Lipinski definition) is 0. The Morgan fingerprint density at radius 3 is 0.736 bits per heavy atom. The fraction of sp³-hybridized carbons (Fsp3) is 0.894. The maximum absolute atomic E-state index is 12.9. The van der Waals surface area contributed by atoms with Gasteiger partial charge in [0, 0.05) is 19.3 Å². The number of esters is 3. The van der Waals surface area contributed by atoms with Crippen molar-refractivity contribution in [3.8, 4) is 0 Å². The number of carbonyl (C=O) groups is 3. The summed E-state index contributed by atoms with van der Waals surface area (Å²) in [5.41, 5.74) is 0. The average Bonchev–Trinajstić information content (AvgIpc) is 3.38. The van der Waals surface area contributed by atoms with E-state index in [2.05, 4.69) is 45.1 Å². The van der Waals surface area contributed by atoms with Crippen LogP contribution in [-0.4, -0.2) is 37.2 Å². The van der Waals surface area contributed by atoms with Crippen LogP contribution < -0.4 is 0 Å². The minimum absolute atomic E-state index is 0.0709. The van der Waals surface area contributed by atoms with Crippen LogP contribution in [0, 0.1) is 0 Å². The number of ether oxygens (including phenoxy) is 3. The lowest BCUT2D eigenvalue weighted by Gasteiger charge is -2.18. The standard InChI is InChI=1S/C66H124O6/c1-4-7-10-13-16-19-22-24-26-28-30-31-32-33-34-35-36-38-39-41-44-47-50-53-56-59-65(68)71-62-63(61-70-64(67)58-55-52-49-46-43-21-18-15-12-9-6-3)72-66(69)60-57-54-51-48-45-42-40-37-29-27-25-23-20-17-14-11-8-5-2/h15,18,27,29,63H,4-14,16-17,19-26,28,30-62H2,1-3H3/b18-15-,29-27-. The number of hydrogen-bond acceptors (Lipinski definition) is 6. The first-order valence-corrected chi connectivity index (χ1v) is 32.3. The van der Waals surface area contributed by atoms with Gasteiger partial charge in [-0.05, 0) is 64.2 Å². The first-order valence-electron chi connectivity index (χ1n) is 32.3. The Bertz CT molecular complexity index is 1160. The van der Waals surface area contributed by atoms with Crippen LogP contribution in [0.25, 0.3) is 0 Å². The van der Waals surface area contributed by atoms with E-state index in [-0.39, 0.29) is 31.1 Å². The van der Waals surface area contributed by atoms with Crippen molar-refractivity contribution in [2.45, 2.75) is 367 Å². The van der Waals surface area contributed by atoms with E-state index < -0.39 is 6.10 Å². The smallest absolute Gasteiger partial charge is 0.306 e. The van der Waals surface area contributed by atoms with Crippen molar-refractivity contribution in [2.24, 2.45) is 0 Å². The molecule has 0 N–H and O–H groups in total. The van der Waals surface area contributed by atoms with E-state index in [9.17, 15) is 14.4 Å². The SMILES string of the molecule is CCCC/C=C\CCCCCCCC(=O)OCC(COC(=O)CCCCCCCCCCCCCCCCCCCCCCCCCCC)OC(=O)CCCCCCCCC/C=C\CCCCCCCCC. The normalized spacial score (nSPS) is 12.1. The molecule has 6 heteroatoms. The van der Waals surface area contributed by atoms with Crippen molar-refractivity contribution in [3.05, 3.63) is 24.3 Å². The van der Waals surface area contributed by atoms with Gasteiger partial charge in [0.1, 0.15) is 13.2 Å². The lowest BCUT2D eigenvalue weighted by Crippen LogP contribution is -2.30. The Labute approximate surface area is 449 Å². The quantitative estimate of drug-likeness (QED) is 0.0261. The summed E-state index contributed by atoms with van der Waals surface area (Å²) in [6, 6.07) is 0. The summed E-state index contributed by atoms with van der Waals surface area (Å²) in [6.07, 6.45) is 73.4. The molecule has 0 bridgehead atoms. The third-order valence-corrected chi connectivity index (χ3v) is 14.7. The Balaban J connectivity index is 4.19. The molecule has 0 radical (unpaired) electrons. The molecule has 0 amide bonds. The molecule has 0 aliphatic heterocycles. The van der Waals surface area contributed by atoms with Crippen molar-refractivity contribution in [1.29, 1.82) is 0 Å². The Morgan fingerprint density at radius 1 is 0.264 bits per heavy atom. The minimum Gasteiger partial charge on any atom is -0.462 e. The van der Waals surface area contributed by atoms with Crippen molar-refractivity contribution in [1.82, 2.24) is 0 Å². The van der Waals surface area contributed by atoms with Crippen molar-refractivity contribution in [2.75, 3.05) is 13.2 Å². The fourth-order valence-corrected chi connectivity index (χ4v) is 9.78. The highest BCUT2D eigenvalue weighted by Crippen LogP contribution is 2.18. The van der Waals surface area contributed by atoms with Gasteiger partial charge in [0.05, 0.1) is 0 Å². The Kier molecular flexibility index (Phi) is 59.6. The van der Waals surface area contributed by atoms with E-state index >= 15 is 0 Å². The number of carbonyl (C=O) groups excluding carboxylic acids is 3. The predicted octanol–water partition coefficient (Wildman–Crippen LogP) is 21.8. The van der Waals surface area contributed by atoms with Crippen molar-refractivity contribution >= 4 is 17.9 Å². The second-order valence-electron chi connectivity index (χ2n) is 22.0. The number of unbranched alkanes of at least 4 members (excludes halogenated alkanes) is 45. The molecule has 0 aliphatic carbocycles. The zero-order valence-corrected chi connectivity index (χ0v) is 48.7. The molecule has 0 saturated heterocycles. The highest BCUT2D eigenvalue weighted by atomic mass is 16.6. The fourth-order valence-electron chi connectivity index (χ4n) is 9.78. The monoisotopic (exact) mass is 1010 g/mol. The van der Waals surface area contributed by atoms with Crippen molar-refractivity contribution < 1.29 is 28.6 Å². The molecule has 0 saturated carbocycles. The second kappa shape index (κ2) is 61.4. The third kappa shape index (κ3) is 58.8. The van der Waals surface area contributed by atoms with Gasteiger partial charge in [-0.2, -0.15) is 0 Å². The summed E-state index contributed by atoms with van der Waals surface area (Å²) in [5.74, 6) is -0.862. The van der Waals surface area contributed by atoms with Gasteiger partial charge >= 0.3 is 17.9 Å². The summed E-state index contributed by atoms with van der Waals surface area (Å²) < 4.78 is 16.9. The van der Waals surface area contributed by atoms with Crippen molar-refractivity contribution in [3.63, 3.8) is 0 Å². The van der Waals surface area contributed by atoms with Crippen LogP contribution in [0.3, 0.4) is 0 Å². The summed E-state index contributed by atoms with van der Waals surface area (Å²) in [4.78, 5) is 38.2. The lowest BCUT2D eigenvalue weighted by atomic mass is 10.0. The van der Waals surface area contributed by atoms with Crippen LogP contribution >= 0.6 is 0 Å². The molecule has 72 heavy (non-hydrogen) atoms.